The molecule has 0 radical (unpaired) electrons. The Morgan fingerprint density at radius 2 is 1.84 bits per heavy atom. The molecule has 0 aliphatic rings. The zero-order valence-electron chi connectivity index (χ0n) is 10.9. The molecule has 0 aliphatic carbocycles. The number of hydrogen-bond donors (Lipinski definition) is 1. The van der Waals surface area contributed by atoms with Crippen molar-refractivity contribution in [3.05, 3.63) is 53.8 Å². The summed E-state index contributed by atoms with van der Waals surface area (Å²) in [7, 11) is 0. The topological polar surface area (TPSA) is 35.2 Å². The Morgan fingerprint density at radius 1 is 1.16 bits per heavy atom. The van der Waals surface area contributed by atoms with Crippen LogP contribution in [0.4, 0.5) is 4.39 Å². The fourth-order valence-corrected chi connectivity index (χ4v) is 2.06. The summed E-state index contributed by atoms with van der Waals surface area (Å²) in [6.45, 7) is 1.82. The summed E-state index contributed by atoms with van der Waals surface area (Å²) in [6, 6.07) is 12.1. The molecule has 2 N–H and O–H groups in total. The van der Waals surface area contributed by atoms with Crippen molar-refractivity contribution in [2.75, 3.05) is 6.26 Å². The third-order valence-electron chi connectivity index (χ3n) is 2.77. The van der Waals surface area contributed by atoms with Gasteiger partial charge in [0.25, 0.3) is 0 Å². The molecule has 0 bridgehead atoms. The Kier molecular flexibility index (Phi) is 4.45. The smallest absolute Gasteiger partial charge is 0.166 e. The van der Waals surface area contributed by atoms with Crippen LogP contribution in [-0.4, -0.2) is 6.26 Å². The molecule has 2 nitrogen and oxygen atoms in total. The van der Waals surface area contributed by atoms with E-state index in [2.05, 4.69) is 0 Å². The summed E-state index contributed by atoms with van der Waals surface area (Å²) < 4.78 is 19.4. The second-order valence-corrected chi connectivity index (χ2v) is 5.14. The van der Waals surface area contributed by atoms with Crippen LogP contribution in [0.25, 0.3) is 0 Å². The van der Waals surface area contributed by atoms with Gasteiger partial charge in [-0.05, 0) is 55.1 Å². The highest BCUT2D eigenvalue weighted by molar-refractivity contribution is 7.98. The highest BCUT2D eigenvalue weighted by atomic mass is 32.2. The van der Waals surface area contributed by atoms with Gasteiger partial charge in [-0.15, -0.1) is 11.8 Å². The second-order valence-electron chi connectivity index (χ2n) is 4.26. The summed E-state index contributed by atoms with van der Waals surface area (Å²) in [6.07, 6.45) is 2.00. The van der Waals surface area contributed by atoms with Gasteiger partial charge in [-0.2, -0.15) is 0 Å². The van der Waals surface area contributed by atoms with E-state index in [-0.39, 0.29) is 11.8 Å². The summed E-state index contributed by atoms with van der Waals surface area (Å²) in [5, 5.41) is 0. The largest absolute Gasteiger partial charge is 0.454 e. The number of nitrogens with two attached hydrogens (primary N) is 1. The first-order valence-corrected chi connectivity index (χ1v) is 7.19. The third-order valence-corrected chi connectivity index (χ3v) is 3.51. The lowest BCUT2D eigenvalue weighted by Crippen LogP contribution is -2.05. The van der Waals surface area contributed by atoms with Gasteiger partial charge < -0.3 is 10.5 Å². The first kappa shape index (κ1) is 13.9. The molecular formula is C15H16FNOS. The van der Waals surface area contributed by atoms with Gasteiger partial charge in [0.1, 0.15) is 5.75 Å². The molecule has 1 atom stereocenters. The Bertz CT molecular complexity index is 555. The van der Waals surface area contributed by atoms with Gasteiger partial charge in [-0.3, -0.25) is 0 Å². The maximum absolute atomic E-state index is 13.9. The molecule has 0 saturated carbocycles. The SMILES string of the molecule is CSc1ccc(Oc2ccc([C@H](C)N)cc2F)cc1. The standard InChI is InChI=1S/C15H16FNOS/c1-10(17)11-3-8-15(14(16)9-11)18-12-4-6-13(19-2)7-5-12/h3-10H,17H2,1-2H3/t10-/m0/s1. The van der Waals surface area contributed by atoms with Crippen LogP contribution in [0.3, 0.4) is 0 Å². The summed E-state index contributed by atoms with van der Waals surface area (Å²) in [5.41, 5.74) is 6.46. The van der Waals surface area contributed by atoms with Crippen LogP contribution in [0.1, 0.15) is 18.5 Å². The molecule has 0 aromatic heterocycles. The molecule has 0 spiro atoms. The molecular weight excluding hydrogens is 261 g/mol. The van der Waals surface area contributed by atoms with E-state index in [1.165, 1.54) is 6.07 Å². The molecule has 2 aromatic carbocycles. The van der Waals surface area contributed by atoms with Crippen LogP contribution in [0, 0.1) is 5.82 Å². The van der Waals surface area contributed by atoms with Crippen molar-refractivity contribution in [3.63, 3.8) is 0 Å². The van der Waals surface area contributed by atoms with Crippen LogP contribution >= 0.6 is 11.8 Å². The first-order valence-electron chi connectivity index (χ1n) is 5.97. The minimum absolute atomic E-state index is 0.190. The van der Waals surface area contributed by atoms with Crippen molar-refractivity contribution < 1.29 is 9.13 Å². The van der Waals surface area contributed by atoms with Crippen molar-refractivity contribution in [2.45, 2.75) is 17.9 Å². The second kappa shape index (κ2) is 6.08. The average Bonchev–Trinajstić information content (AvgIpc) is 2.41. The Balaban J connectivity index is 2.18. The van der Waals surface area contributed by atoms with Gasteiger partial charge in [0, 0.05) is 10.9 Å². The highest BCUT2D eigenvalue weighted by Crippen LogP contribution is 2.27. The maximum atomic E-state index is 13.9. The van der Waals surface area contributed by atoms with Crippen LogP contribution in [0.2, 0.25) is 0 Å². The molecule has 0 unspecified atom stereocenters. The molecule has 2 aromatic rings. The van der Waals surface area contributed by atoms with E-state index in [9.17, 15) is 4.39 Å². The van der Waals surface area contributed by atoms with Crippen molar-refractivity contribution in [1.82, 2.24) is 0 Å². The average molecular weight is 277 g/mol. The summed E-state index contributed by atoms with van der Waals surface area (Å²) in [5.74, 6) is 0.426. The monoisotopic (exact) mass is 277 g/mol. The maximum Gasteiger partial charge on any atom is 0.166 e. The minimum Gasteiger partial charge on any atom is -0.454 e. The van der Waals surface area contributed by atoms with Crippen molar-refractivity contribution in [1.29, 1.82) is 0 Å². The van der Waals surface area contributed by atoms with E-state index in [4.69, 9.17) is 10.5 Å². The lowest BCUT2D eigenvalue weighted by Gasteiger charge is -2.10. The molecule has 19 heavy (non-hydrogen) atoms. The van der Waals surface area contributed by atoms with Crippen molar-refractivity contribution in [2.24, 2.45) is 5.73 Å². The molecule has 0 fully saturated rings. The van der Waals surface area contributed by atoms with Gasteiger partial charge >= 0.3 is 0 Å². The van der Waals surface area contributed by atoms with Crippen LogP contribution < -0.4 is 10.5 Å². The molecule has 0 saturated heterocycles. The number of ether oxygens (including phenoxy) is 1. The lowest BCUT2D eigenvalue weighted by molar-refractivity contribution is 0.441. The zero-order chi connectivity index (χ0) is 13.8. The van der Waals surface area contributed by atoms with Gasteiger partial charge in [0.15, 0.2) is 11.6 Å². The van der Waals surface area contributed by atoms with Crippen LogP contribution in [-0.2, 0) is 0 Å². The third kappa shape index (κ3) is 3.49. The number of thioether (sulfide) groups is 1. The number of hydrogen-bond acceptors (Lipinski definition) is 3. The minimum atomic E-state index is -0.399. The lowest BCUT2D eigenvalue weighted by atomic mass is 10.1. The number of halogens is 1. The zero-order valence-corrected chi connectivity index (χ0v) is 11.7. The van der Waals surface area contributed by atoms with Gasteiger partial charge in [0.05, 0.1) is 0 Å². The van der Waals surface area contributed by atoms with E-state index >= 15 is 0 Å². The normalized spacial score (nSPS) is 12.2. The summed E-state index contributed by atoms with van der Waals surface area (Å²) in [4.78, 5) is 1.14. The van der Waals surface area contributed by atoms with Crippen molar-refractivity contribution in [3.8, 4) is 11.5 Å². The molecule has 2 rings (SSSR count). The first-order chi connectivity index (χ1) is 9.10. The van der Waals surface area contributed by atoms with Crippen LogP contribution in [0.15, 0.2) is 47.4 Å². The number of benzene rings is 2. The quantitative estimate of drug-likeness (QED) is 0.843. The molecule has 4 heteroatoms. The van der Waals surface area contributed by atoms with Crippen LogP contribution in [0.5, 0.6) is 11.5 Å². The predicted octanol–water partition coefficient (Wildman–Crippen LogP) is 4.36. The van der Waals surface area contributed by atoms with Gasteiger partial charge in [0.2, 0.25) is 0 Å². The molecule has 0 heterocycles. The Morgan fingerprint density at radius 3 is 2.37 bits per heavy atom. The van der Waals surface area contributed by atoms with E-state index in [0.717, 1.165) is 10.5 Å². The molecule has 100 valence electrons. The van der Waals surface area contributed by atoms with E-state index in [1.54, 1.807) is 23.9 Å². The fourth-order valence-electron chi connectivity index (χ4n) is 1.65. The predicted molar refractivity (Wildman–Crippen MR) is 77.3 cm³/mol. The summed E-state index contributed by atoms with van der Waals surface area (Å²) >= 11 is 1.65. The Hall–Kier alpha value is -1.52. The van der Waals surface area contributed by atoms with E-state index in [1.807, 2.05) is 37.4 Å². The van der Waals surface area contributed by atoms with Gasteiger partial charge in [-0.25, -0.2) is 4.39 Å². The molecule has 0 amide bonds. The van der Waals surface area contributed by atoms with Gasteiger partial charge in [-0.1, -0.05) is 6.07 Å². The number of rotatable bonds is 4. The van der Waals surface area contributed by atoms with E-state index in [0.29, 0.717) is 5.75 Å². The Labute approximate surface area is 116 Å². The van der Waals surface area contributed by atoms with E-state index < -0.39 is 5.82 Å². The fraction of sp³-hybridized carbons (Fsp3) is 0.200. The highest BCUT2D eigenvalue weighted by Gasteiger charge is 2.08. The van der Waals surface area contributed by atoms with Crippen molar-refractivity contribution >= 4 is 11.8 Å². The molecule has 0 aliphatic heterocycles.